The van der Waals surface area contributed by atoms with E-state index in [2.05, 4.69) is 5.32 Å². The molecule has 1 fully saturated rings. The van der Waals surface area contributed by atoms with Crippen molar-refractivity contribution in [3.63, 3.8) is 0 Å². The Labute approximate surface area is 167 Å². The number of rotatable bonds is 5. The van der Waals surface area contributed by atoms with Crippen molar-refractivity contribution in [2.45, 2.75) is 25.5 Å². The molecule has 1 N–H and O–H groups in total. The van der Waals surface area contributed by atoms with E-state index in [-0.39, 0.29) is 29.9 Å². The molecule has 2 aromatic carbocycles. The Bertz CT molecular complexity index is 899. The van der Waals surface area contributed by atoms with E-state index in [0.29, 0.717) is 16.4 Å². The Balaban J connectivity index is 1.60. The van der Waals surface area contributed by atoms with Crippen molar-refractivity contribution in [3.8, 4) is 0 Å². The Hall–Kier alpha value is -2.31. The van der Waals surface area contributed by atoms with Gasteiger partial charge in [-0.05, 0) is 61.4 Å². The summed E-state index contributed by atoms with van der Waals surface area (Å²) in [7, 11) is 0. The summed E-state index contributed by atoms with van der Waals surface area (Å²) in [4.78, 5) is 38.3. The lowest BCUT2D eigenvalue weighted by atomic mass is 10.1. The fraction of sp³-hybridized carbons (Fsp3) is 0.250. The first kappa shape index (κ1) is 19.5. The van der Waals surface area contributed by atoms with E-state index in [9.17, 15) is 14.4 Å². The Morgan fingerprint density at radius 2 is 1.85 bits per heavy atom. The third-order valence-corrected chi connectivity index (χ3v) is 5.85. The lowest BCUT2D eigenvalue weighted by Gasteiger charge is -2.16. The first-order chi connectivity index (χ1) is 12.8. The Morgan fingerprint density at radius 1 is 1.15 bits per heavy atom. The lowest BCUT2D eigenvalue weighted by Crippen LogP contribution is -2.31. The number of hydrogen-bond acceptors (Lipinski definition) is 4. The van der Waals surface area contributed by atoms with Crippen LogP contribution in [0.5, 0.6) is 0 Å². The van der Waals surface area contributed by atoms with E-state index < -0.39 is 5.25 Å². The van der Waals surface area contributed by atoms with Crippen LogP contribution < -0.4 is 10.2 Å². The second-order valence-corrected chi connectivity index (χ2v) is 8.02. The van der Waals surface area contributed by atoms with E-state index in [1.165, 1.54) is 16.7 Å². The van der Waals surface area contributed by atoms with Gasteiger partial charge in [-0.1, -0.05) is 17.7 Å². The minimum Gasteiger partial charge on any atom is -0.325 e. The number of nitrogens with zero attached hydrogens (tertiary/aromatic N) is 1. The second kappa shape index (κ2) is 8.15. The maximum atomic E-state index is 12.7. The summed E-state index contributed by atoms with van der Waals surface area (Å²) in [6.07, 6.45) is 0.102. The van der Waals surface area contributed by atoms with Crippen LogP contribution in [0.15, 0.2) is 42.5 Å². The summed E-state index contributed by atoms with van der Waals surface area (Å²) >= 11 is 7.00. The van der Waals surface area contributed by atoms with Gasteiger partial charge in [0.15, 0.2) is 0 Å². The SMILES string of the molecule is Cc1ccc(N2C(=O)C[C@@H](SCC(=O)Nc3ccc(Cl)cc3)C2=O)cc1C. The number of amides is 3. The van der Waals surface area contributed by atoms with E-state index >= 15 is 0 Å². The highest BCUT2D eigenvalue weighted by Gasteiger charge is 2.40. The van der Waals surface area contributed by atoms with Gasteiger partial charge in [0, 0.05) is 17.1 Å². The molecule has 3 amide bonds. The maximum absolute atomic E-state index is 12.7. The van der Waals surface area contributed by atoms with Crippen molar-refractivity contribution in [1.29, 1.82) is 0 Å². The van der Waals surface area contributed by atoms with Crippen LogP contribution in [-0.4, -0.2) is 28.7 Å². The van der Waals surface area contributed by atoms with Crippen LogP contribution in [0.1, 0.15) is 17.5 Å². The molecule has 1 aliphatic rings. The van der Waals surface area contributed by atoms with Gasteiger partial charge in [-0.2, -0.15) is 0 Å². The van der Waals surface area contributed by atoms with Crippen LogP contribution in [0.3, 0.4) is 0 Å². The highest BCUT2D eigenvalue weighted by Crippen LogP contribution is 2.30. The van der Waals surface area contributed by atoms with E-state index in [1.807, 2.05) is 26.0 Å². The Morgan fingerprint density at radius 3 is 2.52 bits per heavy atom. The molecule has 7 heteroatoms. The van der Waals surface area contributed by atoms with Crippen molar-refractivity contribution >= 4 is 52.5 Å². The highest BCUT2D eigenvalue weighted by molar-refractivity contribution is 8.01. The van der Waals surface area contributed by atoms with Crippen molar-refractivity contribution in [1.82, 2.24) is 0 Å². The molecule has 0 saturated carbocycles. The zero-order chi connectivity index (χ0) is 19.6. The number of benzene rings is 2. The summed E-state index contributed by atoms with van der Waals surface area (Å²) in [5.41, 5.74) is 3.34. The molecule has 5 nitrogen and oxygen atoms in total. The number of imide groups is 1. The predicted octanol–water partition coefficient (Wildman–Crippen LogP) is 3.96. The summed E-state index contributed by atoms with van der Waals surface area (Å²) in [6.45, 7) is 3.92. The number of carbonyl (C=O) groups is 3. The fourth-order valence-electron chi connectivity index (χ4n) is 2.78. The van der Waals surface area contributed by atoms with E-state index in [4.69, 9.17) is 11.6 Å². The monoisotopic (exact) mass is 402 g/mol. The van der Waals surface area contributed by atoms with Crippen LogP contribution >= 0.6 is 23.4 Å². The number of carbonyl (C=O) groups excluding carboxylic acids is 3. The number of halogens is 1. The standard InChI is InChI=1S/C20H19ClN2O3S/c1-12-3-8-16(9-13(12)2)23-19(25)10-17(20(23)26)27-11-18(24)22-15-6-4-14(21)5-7-15/h3-9,17H,10-11H2,1-2H3,(H,22,24)/t17-/m1/s1. The zero-order valence-electron chi connectivity index (χ0n) is 15.0. The number of hydrogen-bond donors (Lipinski definition) is 1. The molecule has 1 heterocycles. The van der Waals surface area contributed by atoms with Crippen molar-refractivity contribution in [2.24, 2.45) is 0 Å². The Kier molecular flexibility index (Phi) is 5.87. The molecule has 140 valence electrons. The molecule has 27 heavy (non-hydrogen) atoms. The summed E-state index contributed by atoms with van der Waals surface area (Å²) in [6, 6.07) is 12.3. The minimum atomic E-state index is -0.546. The molecule has 0 bridgehead atoms. The molecule has 0 aliphatic carbocycles. The maximum Gasteiger partial charge on any atom is 0.247 e. The average molecular weight is 403 g/mol. The third kappa shape index (κ3) is 4.51. The molecule has 1 atom stereocenters. The topological polar surface area (TPSA) is 66.5 Å². The van der Waals surface area contributed by atoms with Gasteiger partial charge in [0.05, 0.1) is 16.7 Å². The predicted molar refractivity (Wildman–Crippen MR) is 109 cm³/mol. The van der Waals surface area contributed by atoms with Crippen molar-refractivity contribution in [2.75, 3.05) is 16.0 Å². The molecule has 1 saturated heterocycles. The first-order valence-electron chi connectivity index (χ1n) is 8.46. The van der Waals surface area contributed by atoms with Crippen LogP contribution in [0, 0.1) is 13.8 Å². The number of aryl methyl sites for hydroxylation is 2. The summed E-state index contributed by atoms with van der Waals surface area (Å²) < 4.78 is 0. The minimum absolute atomic E-state index is 0.0904. The van der Waals surface area contributed by atoms with Gasteiger partial charge < -0.3 is 5.32 Å². The molecule has 3 rings (SSSR count). The molecule has 0 spiro atoms. The zero-order valence-corrected chi connectivity index (χ0v) is 16.6. The van der Waals surface area contributed by atoms with Crippen molar-refractivity contribution < 1.29 is 14.4 Å². The van der Waals surface area contributed by atoms with Gasteiger partial charge in [0.25, 0.3) is 0 Å². The van der Waals surface area contributed by atoms with Crippen molar-refractivity contribution in [3.05, 3.63) is 58.6 Å². The second-order valence-electron chi connectivity index (χ2n) is 6.39. The van der Waals surface area contributed by atoms with Gasteiger partial charge in [0.1, 0.15) is 0 Å². The lowest BCUT2D eigenvalue weighted by molar-refractivity contribution is -0.121. The molecular formula is C20H19ClN2O3S. The van der Waals surface area contributed by atoms with Gasteiger partial charge in [-0.25, -0.2) is 4.90 Å². The van der Waals surface area contributed by atoms with Gasteiger partial charge in [-0.15, -0.1) is 11.8 Å². The smallest absolute Gasteiger partial charge is 0.247 e. The van der Waals surface area contributed by atoms with E-state index in [1.54, 1.807) is 30.3 Å². The largest absolute Gasteiger partial charge is 0.325 e. The third-order valence-electron chi connectivity index (χ3n) is 4.40. The fourth-order valence-corrected chi connectivity index (χ4v) is 3.84. The quantitative estimate of drug-likeness (QED) is 0.768. The molecule has 0 unspecified atom stereocenters. The van der Waals surface area contributed by atoms with Gasteiger partial charge in [-0.3, -0.25) is 14.4 Å². The van der Waals surface area contributed by atoms with E-state index in [0.717, 1.165) is 11.1 Å². The highest BCUT2D eigenvalue weighted by atomic mass is 35.5. The first-order valence-corrected chi connectivity index (χ1v) is 9.89. The van der Waals surface area contributed by atoms with Crippen LogP contribution in [0.25, 0.3) is 0 Å². The van der Waals surface area contributed by atoms with Crippen LogP contribution in [0.4, 0.5) is 11.4 Å². The van der Waals surface area contributed by atoms with Crippen LogP contribution in [-0.2, 0) is 14.4 Å². The number of nitrogens with one attached hydrogen (secondary N) is 1. The summed E-state index contributed by atoms with van der Waals surface area (Å²) in [5.74, 6) is -0.647. The molecule has 0 radical (unpaired) electrons. The molecule has 0 aromatic heterocycles. The number of anilines is 2. The molecule has 1 aliphatic heterocycles. The average Bonchev–Trinajstić information content (AvgIpc) is 2.91. The molecule has 2 aromatic rings. The van der Waals surface area contributed by atoms with Crippen LogP contribution in [0.2, 0.25) is 5.02 Å². The van der Waals surface area contributed by atoms with Gasteiger partial charge in [0.2, 0.25) is 17.7 Å². The van der Waals surface area contributed by atoms with Gasteiger partial charge >= 0.3 is 0 Å². The molecular weight excluding hydrogens is 384 g/mol. The normalized spacial score (nSPS) is 16.7. The number of thioether (sulfide) groups is 1. The summed E-state index contributed by atoms with van der Waals surface area (Å²) in [5, 5.41) is 2.79.